The summed E-state index contributed by atoms with van der Waals surface area (Å²) in [5.74, 6) is 0. The van der Waals surface area contributed by atoms with Crippen LogP contribution in [0, 0.1) is 6.92 Å². The van der Waals surface area contributed by atoms with E-state index in [1.807, 2.05) is 19.1 Å². The molecule has 8 heteroatoms. The predicted octanol–water partition coefficient (Wildman–Crippen LogP) is 2.59. The number of carbonyl (C=O) groups excluding carboxylic acids is 1. The van der Waals surface area contributed by atoms with Gasteiger partial charge in [0.05, 0.1) is 36.8 Å². The van der Waals surface area contributed by atoms with Crippen LogP contribution in [0.1, 0.15) is 11.4 Å². The maximum absolute atomic E-state index is 11.6. The van der Waals surface area contributed by atoms with Gasteiger partial charge in [-0.05, 0) is 24.6 Å². The van der Waals surface area contributed by atoms with Crippen LogP contribution in [0.2, 0.25) is 0 Å². The van der Waals surface area contributed by atoms with E-state index in [-0.39, 0.29) is 0 Å². The van der Waals surface area contributed by atoms with Crippen LogP contribution in [0.5, 0.6) is 0 Å². The maximum Gasteiger partial charge on any atom is 0.411 e. The van der Waals surface area contributed by atoms with Gasteiger partial charge in [-0.25, -0.2) is 4.79 Å². The minimum absolute atomic E-state index is 0.389. The first-order chi connectivity index (χ1) is 11.1. The molecule has 120 valence electrons. The molecule has 23 heavy (non-hydrogen) atoms. The second kappa shape index (κ2) is 6.09. The third-order valence-corrected chi connectivity index (χ3v) is 3.57. The van der Waals surface area contributed by atoms with E-state index in [4.69, 9.17) is 4.74 Å². The van der Waals surface area contributed by atoms with Crippen LogP contribution >= 0.6 is 0 Å². The van der Waals surface area contributed by atoms with Crippen molar-refractivity contribution in [3.05, 3.63) is 29.7 Å². The summed E-state index contributed by atoms with van der Waals surface area (Å²) in [6.07, 6.45) is 1.12. The molecule has 0 saturated heterocycles. The zero-order valence-electron chi connectivity index (χ0n) is 13.1. The normalized spacial score (nSPS) is 10.9. The predicted molar refractivity (Wildman–Crippen MR) is 85.2 cm³/mol. The van der Waals surface area contributed by atoms with Crippen molar-refractivity contribution >= 4 is 22.7 Å². The van der Waals surface area contributed by atoms with E-state index >= 15 is 0 Å². The summed E-state index contributed by atoms with van der Waals surface area (Å²) >= 11 is 0. The summed E-state index contributed by atoms with van der Waals surface area (Å²) in [6.45, 7) is 2.33. The number of fused-ring (bicyclic) bond motifs is 1. The van der Waals surface area contributed by atoms with E-state index in [0.29, 0.717) is 12.3 Å². The van der Waals surface area contributed by atoms with Gasteiger partial charge in [0, 0.05) is 23.8 Å². The van der Waals surface area contributed by atoms with Gasteiger partial charge in [0.25, 0.3) is 0 Å². The molecule has 0 unspecified atom stereocenters. The molecule has 2 heterocycles. The lowest BCUT2D eigenvalue weighted by atomic mass is 10.0. The van der Waals surface area contributed by atoms with Crippen molar-refractivity contribution in [3.63, 3.8) is 0 Å². The molecular weight excluding hydrogens is 298 g/mol. The Kier molecular flexibility index (Phi) is 3.98. The van der Waals surface area contributed by atoms with Crippen molar-refractivity contribution in [2.75, 3.05) is 19.5 Å². The van der Waals surface area contributed by atoms with E-state index in [9.17, 15) is 4.79 Å². The van der Waals surface area contributed by atoms with Gasteiger partial charge in [-0.15, -0.1) is 0 Å². The standard InChI is InChI=1S/C15H17N5O3/c1-8-14(13(7-22-2)20-18-8)9-4-11(17-15(21)23-3)10-6-16-19-12(10)5-9/h4-6H,7H2,1-3H3,(H,16,19)(H,17,21)(H,18,20). The van der Waals surface area contributed by atoms with E-state index in [2.05, 4.69) is 30.4 Å². The molecule has 0 aliphatic heterocycles. The third-order valence-electron chi connectivity index (χ3n) is 3.57. The highest BCUT2D eigenvalue weighted by molar-refractivity contribution is 6.01. The number of anilines is 1. The Morgan fingerprint density at radius 3 is 2.87 bits per heavy atom. The van der Waals surface area contributed by atoms with Gasteiger partial charge < -0.3 is 9.47 Å². The molecule has 0 atom stereocenters. The van der Waals surface area contributed by atoms with Crippen molar-refractivity contribution < 1.29 is 14.3 Å². The molecule has 8 nitrogen and oxygen atoms in total. The van der Waals surface area contributed by atoms with Crippen LogP contribution in [-0.4, -0.2) is 40.7 Å². The van der Waals surface area contributed by atoms with Crippen molar-refractivity contribution in [1.82, 2.24) is 20.4 Å². The summed E-state index contributed by atoms with van der Waals surface area (Å²) in [5.41, 5.74) is 4.97. The van der Waals surface area contributed by atoms with Crippen LogP contribution in [-0.2, 0) is 16.1 Å². The Balaban J connectivity index is 2.15. The molecule has 3 N–H and O–H groups in total. The Morgan fingerprint density at radius 2 is 2.13 bits per heavy atom. The molecule has 3 rings (SSSR count). The average molecular weight is 315 g/mol. The van der Waals surface area contributed by atoms with E-state index in [1.165, 1.54) is 7.11 Å². The number of benzene rings is 1. The third kappa shape index (κ3) is 2.76. The smallest absolute Gasteiger partial charge is 0.411 e. The number of ether oxygens (including phenoxy) is 2. The number of nitrogens with zero attached hydrogens (tertiary/aromatic N) is 2. The molecule has 1 amide bonds. The van der Waals surface area contributed by atoms with Crippen LogP contribution in [0.15, 0.2) is 18.3 Å². The largest absolute Gasteiger partial charge is 0.453 e. The Morgan fingerprint density at radius 1 is 1.30 bits per heavy atom. The number of carbonyl (C=O) groups is 1. The Labute approximate surface area is 132 Å². The summed E-state index contributed by atoms with van der Waals surface area (Å²) in [4.78, 5) is 11.6. The monoisotopic (exact) mass is 315 g/mol. The van der Waals surface area contributed by atoms with Gasteiger partial charge in [0.2, 0.25) is 0 Å². The second-order valence-corrected chi connectivity index (χ2v) is 5.07. The molecule has 3 aromatic rings. The summed E-state index contributed by atoms with van der Waals surface area (Å²) < 4.78 is 9.87. The number of rotatable bonds is 4. The second-order valence-electron chi connectivity index (χ2n) is 5.07. The first kappa shape index (κ1) is 15.0. The fraction of sp³-hybridized carbons (Fsp3) is 0.267. The summed E-state index contributed by atoms with van der Waals surface area (Å²) in [6, 6.07) is 3.83. The van der Waals surface area contributed by atoms with Crippen molar-refractivity contribution in [2.24, 2.45) is 0 Å². The van der Waals surface area contributed by atoms with E-state index in [0.717, 1.165) is 33.4 Å². The molecule has 0 saturated carbocycles. The van der Waals surface area contributed by atoms with Crippen molar-refractivity contribution in [2.45, 2.75) is 13.5 Å². The summed E-state index contributed by atoms with van der Waals surface area (Å²) in [7, 11) is 2.94. The minimum atomic E-state index is -0.536. The van der Waals surface area contributed by atoms with Crippen molar-refractivity contribution in [3.8, 4) is 11.1 Å². The molecule has 2 aromatic heterocycles. The van der Waals surface area contributed by atoms with Gasteiger partial charge >= 0.3 is 6.09 Å². The first-order valence-corrected chi connectivity index (χ1v) is 6.99. The molecule has 1 aromatic carbocycles. The van der Waals surface area contributed by atoms with Gasteiger partial charge in [0.15, 0.2) is 0 Å². The molecule has 0 aliphatic rings. The number of methoxy groups -OCH3 is 2. The number of aromatic nitrogens is 4. The number of amides is 1. The highest BCUT2D eigenvalue weighted by atomic mass is 16.5. The lowest BCUT2D eigenvalue weighted by Crippen LogP contribution is -2.11. The zero-order valence-corrected chi connectivity index (χ0v) is 13.1. The highest BCUT2D eigenvalue weighted by Gasteiger charge is 2.16. The number of hydrogen-bond donors (Lipinski definition) is 3. The Hall–Kier alpha value is -2.87. The molecule has 0 radical (unpaired) electrons. The fourth-order valence-corrected chi connectivity index (χ4v) is 2.56. The van der Waals surface area contributed by atoms with Gasteiger partial charge in [-0.2, -0.15) is 10.2 Å². The lowest BCUT2D eigenvalue weighted by molar-refractivity contribution is 0.182. The molecule has 0 fully saturated rings. The number of H-pyrrole nitrogens is 2. The lowest BCUT2D eigenvalue weighted by Gasteiger charge is -2.09. The van der Waals surface area contributed by atoms with Crippen LogP contribution in [0.4, 0.5) is 10.5 Å². The number of aryl methyl sites for hydroxylation is 1. The number of nitrogens with one attached hydrogen (secondary N) is 3. The van der Waals surface area contributed by atoms with Crippen LogP contribution in [0.25, 0.3) is 22.0 Å². The summed E-state index contributed by atoms with van der Waals surface area (Å²) in [5, 5.41) is 17.7. The van der Waals surface area contributed by atoms with Crippen LogP contribution in [0.3, 0.4) is 0 Å². The Bertz CT molecular complexity index is 852. The number of aromatic amines is 2. The molecule has 0 bridgehead atoms. The average Bonchev–Trinajstić information content (AvgIpc) is 3.14. The topological polar surface area (TPSA) is 105 Å². The molecule has 0 aliphatic carbocycles. The van der Waals surface area contributed by atoms with E-state index in [1.54, 1.807) is 13.3 Å². The highest BCUT2D eigenvalue weighted by Crippen LogP contribution is 2.33. The van der Waals surface area contributed by atoms with Gasteiger partial charge in [-0.3, -0.25) is 15.5 Å². The van der Waals surface area contributed by atoms with Gasteiger partial charge in [-0.1, -0.05) is 0 Å². The quantitative estimate of drug-likeness (QED) is 0.686. The first-order valence-electron chi connectivity index (χ1n) is 6.99. The van der Waals surface area contributed by atoms with Crippen molar-refractivity contribution in [1.29, 1.82) is 0 Å². The fourth-order valence-electron chi connectivity index (χ4n) is 2.56. The minimum Gasteiger partial charge on any atom is -0.453 e. The zero-order chi connectivity index (χ0) is 16.4. The maximum atomic E-state index is 11.6. The van der Waals surface area contributed by atoms with Crippen LogP contribution < -0.4 is 5.32 Å². The molecule has 0 spiro atoms. The SMILES string of the molecule is COCc1n[nH]c(C)c1-c1cc(NC(=O)OC)c2cn[nH]c2c1. The van der Waals surface area contributed by atoms with Gasteiger partial charge in [0.1, 0.15) is 0 Å². The molecular formula is C15H17N5O3. The number of hydrogen-bond acceptors (Lipinski definition) is 5. The van der Waals surface area contributed by atoms with E-state index < -0.39 is 6.09 Å².